The van der Waals surface area contributed by atoms with Crippen molar-refractivity contribution in [2.45, 2.75) is 0 Å². The van der Waals surface area contributed by atoms with Gasteiger partial charge in [0.25, 0.3) is 0 Å². The number of hydrogen-bond donors (Lipinski definition) is 2. The van der Waals surface area contributed by atoms with Crippen molar-refractivity contribution in [2.75, 3.05) is 25.6 Å². The highest BCUT2D eigenvalue weighted by Crippen LogP contribution is 2.33. The Morgan fingerprint density at radius 2 is 2.00 bits per heavy atom. The van der Waals surface area contributed by atoms with E-state index in [0.717, 1.165) is 27.3 Å². The molecule has 0 fully saturated rings. The zero-order valence-corrected chi connectivity index (χ0v) is 15.3. The van der Waals surface area contributed by atoms with Crippen molar-refractivity contribution in [1.29, 1.82) is 0 Å². The summed E-state index contributed by atoms with van der Waals surface area (Å²) in [6.45, 7) is 0.943. The van der Waals surface area contributed by atoms with Crippen molar-refractivity contribution in [3.05, 3.63) is 42.5 Å². The molecule has 0 unspecified atom stereocenters. The second-order valence-electron chi connectivity index (χ2n) is 5.52. The minimum atomic E-state index is 0.270. The van der Waals surface area contributed by atoms with Gasteiger partial charge in [-0.15, -0.1) is 5.10 Å². The molecule has 9 heteroatoms. The molecule has 0 aliphatic rings. The number of para-hydroxylation sites is 1. The van der Waals surface area contributed by atoms with Gasteiger partial charge in [0.2, 0.25) is 5.89 Å². The first-order chi connectivity index (χ1) is 13.3. The number of nitrogens with one attached hydrogen (secondary N) is 1. The van der Waals surface area contributed by atoms with E-state index < -0.39 is 0 Å². The van der Waals surface area contributed by atoms with Crippen molar-refractivity contribution in [1.82, 2.24) is 15.2 Å². The number of rotatable bonds is 7. The van der Waals surface area contributed by atoms with E-state index in [1.54, 1.807) is 7.11 Å². The number of methoxy groups -OCH3 is 1. The summed E-state index contributed by atoms with van der Waals surface area (Å²) in [7, 11) is 1.62. The first-order valence-electron chi connectivity index (χ1n) is 8.24. The number of benzene rings is 2. The highest BCUT2D eigenvalue weighted by Gasteiger charge is 2.13. The summed E-state index contributed by atoms with van der Waals surface area (Å²) in [5, 5.41) is 11.8. The summed E-state index contributed by atoms with van der Waals surface area (Å²) in [6.07, 6.45) is 0. The van der Waals surface area contributed by atoms with Crippen LogP contribution in [0.3, 0.4) is 0 Å². The van der Waals surface area contributed by atoms with Crippen LogP contribution in [0.15, 0.2) is 46.9 Å². The van der Waals surface area contributed by atoms with Gasteiger partial charge in [0.15, 0.2) is 5.13 Å². The van der Waals surface area contributed by atoms with Crippen molar-refractivity contribution < 1.29 is 13.9 Å². The predicted octanol–water partition coefficient (Wildman–Crippen LogP) is 3.44. The first kappa shape index (κ1) is 17.3. The number of hydrogen-bond acceptors (Lipinski definition) is 9. The molecular formula is C18H17N5O3S. The van der Waals surface area contributed by atoms with Crippen molar-refractivity contribution in [3.63, 3.8) is 0 Å². The highest BCUT2D eigenvalue weighted by atomic mass is 32.1. The lowest BCUT2D eigenvalue weighted by Crippen LogP contribution is -2.10. The average Bonchev–Trinajstić information content (AvgIpc) is 3.33. The van der Waals surface area contributed by atoms with E-state index in [-0.39, 0.29) is 6.01 Å². The van der Waals surface area contributed by atoms with Crippen molar-refractivity contribution in [2.24, 2.45) is 5.73 Å². The van der Waals surface area contributed by atoms with E-state index in [2.05, 4.69) is 20.5 Å². The molecule has 0 atom stereocenters. The fourth-order valence-corrected chi connectivity index (χ4v) is 3.37. The largest absolute Gasteiger partial charge is 0.494 e. The molecule has 8 nitrogen and oxygen atoms in total. The molecule has 0 radical (unpaired) electrons. The second-order valence-corrected chi connectivity index (χ2v) is 6.56. The van der Waals surface area contributed by atoms with Gasteiger partial charge in [0.1, 0.15) is 23.6 Å². The highest BCUT2D eigenvalue weighted by molar-refractivity contribution is 7.22. The van der Waals surface area contributed by atoms with E-state index in [9.17, 15) is 0 Å². The summed E-state index contributed by atoms with van der Waals surface area (Å²) in [5.74, 6) is 1.87. The number of anilines is 2. The topological polar surface area (TPSA) is 108 Å². The van der Waals surface area contributed by atoms with Gasteiger partial charge in [-0.3, -0.25) is 5.32 Å². The van der Waals surface area contributed by atoms with Crippen LogP contribution in [0, 0.1) is 0 Å². The second kappa shape index (κ2) is 7.60. The van der Waals surface area contributed by atoms with E-state index in [0.29, 0.717) is 24.2 Å². The lowest BCUT2D eigenvalue weighted by atomic mass is 10.2. The maximum absolute atomic E-state index is 5.69. The minimum Gasteiger partial charge on any atom is -0.494 e. The Morgan fingerprint density at radius 3 is 2.78 bits per heavy atom. The predicted molar refractivity (Wildman–Crippen MR) is 104 cm³/mol. The molecule has 27 heavy (non-hydrogen) atoms. The molecule has 0 aliphatic heterocycles. The Balaban J connectivity index is 1.51. The summed E-state index contributed by atoms with van der Waals surface area (Å²) in [5.41, 5.74) is 7.01. The molecule has 2 aromatic carbocycles. The molecular weight excluding hydrogens is 366 g/mol. The van der Waals surface area contributed by atoms with E-state index in [1.807, 2.05) is 42.5 Å². The summed E-state index contributed by atoms with van der Waals surface area (Å²) >= 11 is 1.48. The molecule has 0 amide bonds. The van der Waals surface area contributed by atoms with E-state index in [4.69, 9.17) is 19.6 Å². The van der Waals surface area contributed by atoms with Gasteiger partial charge in [0, 0.05) is 12.1 Å². The number of nitrogens with two attached hydrogens (primary N) is 1. The maximum atomic E-state index is 5.69. The monoisotopic (exact) mass is 383 g/mol. The normalized spacial score (nSPS) is 10.9. The van der Waals surface area contributed by atoms with Gasteiger partial charge < -0.3 is 19.6 Å². The average molecular weight is 383 g/mol. The Kier molecular flexibility index (Phi) is 4.86. The molecule has 2 heterocycles. The smallest absolute Gasteiger partial charge is 0.322 e. The number of nitrogens with zero attached hydrogens (tertiary/aromatic N) is 3. The zero-order chi connectivity index (χ0) is 18.6. The number of thiazole rings is 1. The maximum Gasteiger partial charge on any atom is 0.322 e. The third-order valence-corrected chi connectivity index (χ3v) is 4.66. The molecule has 0 saturated heterocycles. The molecule has 138 valence electrons. The van der Waals surface area contributed by atoms with Crippen LogP contribution in [0.1, 0.15) is 0 Å². The van der Waals surface area contributed by atoms with Crippen LogP contribution in [0.4, 0.5) is 11.1 Å². The lowest BCUT2D eigenvalue weighted by Gasteiger charge is -2.03. The SMILES string of the molecule is COc1cccc2sc(Nc3nnc(-c4ccc(OCCN)cc4)o3)nc12. The van der Waals surface area contributed by atoms with Gasteiger partial charge in [-0.1, -0.05) is 22.5 Å². The van der Waals surface area contributed by atoms with Gasteiger partial charge in [-0.2, -0.15) is 0 Å². The van der Waals surface area contributed by atoms with Crippen LogP contribution in [0.2, 0.25) is 0 Å². The Morgan fingerprint density at radius 1 is 1.15 bits per heavy atom. The van der Waals surface area contributed by atoms with Crippen molar-refractivity contribution >= 4 is 32.7 Å². The number of aromatic nitrogens is 3. The molecule has 4 rings (SSSR count). The molecule has 0 bridgehead atoms. The molecule has 3 N–H and O–H groups in total. The Bertz CT molecular complexity index is 1040. The van der Waals surface area contributed by atoms with Crippen LogP contribution in [-0.4, -0.2) is 35.4 Å². The molecule has 2 aromatic heterocycles. The summed E-state index contributed by atoms with van der Waals surface area (Å²) in [6, 6.07) is 13.4. The van der Waals surface area contributed by atoms with Crippen LogP contribution < -0.4 is 20.5 Å². The fourth-order valence-electron chi connectivity index (χ4n) is 2.49. The summed E-state index contributed by atoms with van der Waals surface area (Å²) < 4.78 is 17.5. The van der Waals surface area contributed by atoms with Crippen LogP contribution in [0.25, 0.3) is 21.7 Å². The van der Waals surface area contributed by atoms with E-state index >= 15 is 0 Å². The zero-order valence-electron chi connectivity index (χ0n) is 14.5. The van der Waals surface area contributed by atoms with Crippen LogP contribution in [0.5, 0.6) is 11.5 Å². The first-order valence-corrected chi connectivity index (χ1v) is 9.06. The molecule has 4 aromatic rings. The van der Waals surface area contributed by atoms with Gasteiger partial charge in [-0.25, -0.2) is 4.98 Å². The fraction of sp³-hybridized carbons (Fsp3) is 0.167. The minimum absolute atomic E-state index is 0.270. The third kappa shape index (κ3) is 3.69. The standard InChI is InChI=1S/C18H17N5O3S/c1-24-13-3-2-4-14-15(13)20-18(27-14)21-17-23-22-16(26-17)11-5-7-12(8-6-11)25-10-9-19/h2-8H,9-10,19H2,1H3,(H,20,21,23). The number of fused-ring (bicyclic) bond motifs is 1. The van der Waals surface area contributed by atoms with Crippen LogP contribution >= 0.6 is 11.3 Å². The third-order valence-electron chi connectivity index (χ3n) is 3.73. The van der Waals surface area contributed by atoms with E-state index in [1.165, 1.54) is 11.3 Å². The molecule has 0 aliphatic carbocycles. The lowest BCUT2D eigenvalue weighted by molar-refractivity contribution is 0.328. The molecule has 0 spiro atoms. The summed E-state index contributed by atoms with van der Waals surface area (Å²) in [4.78, 5) is 4.53. The van der Waals surface area contributed by atoms with Crippen molar-refractivity contribution in [3.8, 4) is 23.0 Å². The Hall–Kier alpha value is -3.17. The van der Waals surface area contributed by atoms with Gasteiger partial charge in [0.05, 0.1) is 11.8 Å². The van der Waals surface area contributed by atoms with Gasteiger partial charge in [-0.05, 0) is 36.4 Å². The Labute approximate surface area is 159 Å². The number of ether oxygens (including phenoxy) is 2. The van der Waals surface area contributed by atoms with Crippen LogP contribution in [-0.2, 0) is 0 Å². The molecule has 0 saturated carbocycles. The van der Waals surface area contributed by atoms with Gasteiger partial charge >= 0.3 is 6.01 Å². The quantitative estimate of drug-likeness (QED) is 0.500.